The Hall–Kier alpha value is -3.42. The van der Waals surface area contributed by atoms with E-state index in [0.29, 0.717) is 30.8 Å². The van der Waals surface area contributed by atoms with Crippen LogP contribution in [0.4, 0.5) is 17.1 Å². The van der Waals surface area contributed by atoms with Crippen LogP contribution in [0, 0.1) is 10.1 Å². The van der Waals surface area contributed by atoms with Crippen molar-refractivity contribution in [2.45, 2.75) is 19.3 Å². The molecule has 8 nitrogen and oxygen atoms in total. The molecule has 0 bridgehead atoms. The number of rotatable bonds is 5. The number of amides is 2. The Balaban J connectivity index is 1.40. The highest BCUT2D eigenvalue weighted by Gasteiger charge is 2.27. The van der Waals surface area contributed by atoms with Crippen LogP contribution in [-0.2, 0) is 16.0 Å². The highest BCUT2D eigenvalue weighted by Crippen LogP contribution is 2.32. The third kappa shape index (κ3) is 3.40. The first-order chi connectivity index (χ1) is 13.5. The van der Waals surface area contributed by atoms with Crippen LogP contribution in [0.3, 0.4) is 0 Å². The van der Waals surface area contributed by atoms with Gasteiger partial charge in [-0.1, -0.05) is 6.07 Å². The molecule has 0 atom stereocenters. The molecule has 0 unspecified atom stereocenters. The molecule has 0 radical (unpaired) electrons. The van der Waals surface area contributed by atoms with Gasteiger partial charge in [0.25, 0.3) is 11.6 Å². The summed E-state index contributed by atoms with van der Waals surface area (Å²) in [5, 5.41) is 11.0. The second-order valence-electron chi connectivity index (χ2n) is 6.80. The van der Waals surface area contributed by atoms with Gasteiger partial charge in [0.05, 0.1) is 10.6 Å². The molecular formula is C20H19N3O5. The van der Waals surface area contributed by atoms with Gasteiger partial charge in [0.15, 0.2) is 6.61 Å². The molecule has 8 heteroatoms. The highest BCUT2D eigenvalue weighted by molar-refractivity contribution is 5.97. The Bertz CT molecular complexity index is 941. The first-order valence-corrected chi connectivity index (χ1v) is 9.14. The molecule has 2 aliphatic rings. The Morgan fingerprint density at radius 3 is 2.57 bits per heavy atom. The van der Waals surface area contributed by atoms with Crippen LogP contribution >= 0.6 is 0 Å². The normalized spacial score (nSPS) is 15.6. The maximum Gasteiger partial charge on any atom is 0.271 e. The fourth-order valence-corrected chi connectivity index (χ4v) is 3.61. The van der Waals surface area contributed by atoms with Crippen molar-refractivity contribution in [3.63, 3.8) is 0 Å². The summed E-state index contributed by atoms with van der Waals surface area (Å²) >= 11 is 0. The fourth-order valence-electron chi connectivity index (χ4n) is 3.61. The molecule has 1 saturated heterocycles. The number of benzene rings is 2. The summed E-state index contributed by atoms with van der Waals surface area (Å²) in [6, 6.07) is 11.7. The van der Waals surface area contributed by atoms with Gasteiger partial charge in [-0.05, 0) is 42.7 Å². The lowest BCUT2D eigenvalue weighted by Gasteiger charge is -2.18. The van der Waals surface area contributed by atoms with Crippen LogP contribution in [0.5, 0.6) is 5.75 Å². The number of nitro benzene ring substituents is 1. The van der Waals surface area contributed by atoms with Crippen LogP contribution in [0.25, 0.3) is 0 Å². The van der Waals surface area contributed by atoms with E-state index in [4.69, 9.17) is 4.74 Å². The van der Waals surface area contributed by atoms with Gasteiger partial charge < -0.3 is 14.5 Å². The molecule has 2 aromatic carbocycles. The van der Waals surface area contributed by atoms with E-state index in [0.717, 1.165) is 24.2 Å². The quantitative estimate of drug-likeness (QED) is 0.586. The number of hydrogen-bond acceptors (Lipinski definition) is 5. The van der Waals surface area contributed by atoms with E-state index in [-0.39, 0.29) is 24.1 Å². The zero-order valence-electron chi connectivity index (χ0n) is 15.2. The average Bonchev–Trinajstić information content (AvgIpc) is 3.32. The van der Waals surface area contributed by atoms with Gasteiger partial charge in [-0.2, -0.15) is 0 Å². The van der Waals surface area contributed by atoms with Gasteiger partial charge in [0.2, 0.25) is 5.91 Å². The molecule has 2 aliphatic heterocycles. The van der Waals surface area contributed by atoms with Crippen LogP contribution in [0.2, 0.25) is 0 Å². The second-order valence-corrected chi connectivity index (χ2v) is 6.80. The lowest BCUT2D eigenvalue weighted by atomic mass is 10.1. The molecule has 0 saturated carbocycles. The van der Waals surface area contributed by atoms with Crippen molar-refractivity contribution < 1.29 is 19.2 Å². The Morgan fingerprint density at radius 2 is 1.89 bits per heavy atom. The lowest BCUT2D eigenvalue weighted by molar-refractivity contribution is -0.384. The smallest absolute Gasteiger partial charge is 0.271 e. The van der Waals surface area contributed by atoms with E-state index in [2.05, 4.69) is 0 Å². The molecule has 0 N–H and O–H groups in total. The zero-order valence-corrected chi connectivity index (χ0v) is 15.2. The first kappa shape index (κ1) is 18.0. The van der Waals surface area contributed by atoms with Gasteiger partial charge in [0.1, 0.15) is 5.75 Å². The maximum atomic E-state index is 12.6. The zero-order chi connectivity index (χ0) is 19.7. The van der Waals surface area contributed by atoms with Crippen molar-refractivity contribution in [2.75, 3.05) is 29.5 Å². The van der Waals surface area contributed by atoms with Gasteiger partial charge in [-0.15, -0.1) is 0 Å². The SMILES string of the molecule is O=C1CCCN1c1ccc(OCC(=O)N2CCc3ccc([N+](=O)[O-])cc32)cc1. The molecule has 0 aliphatic carbocycles. The third-order valence-corrected chi connectivity index (χ3v) is 5.06. The number of anilines is 2. The van der Waals surface area contributed by atoms with Gasteiger partial charge in [-0.3, -0.25) is 19.7 Å². The lowest BCUT2D eigenvalue weighted by Crippen LogP contribution is -2.33. The van der Waals surface area contributed by atoms with Crippen LogP contribution < -0.4 is 14.5 Å². The predicted molar refractivity (Wildman–Crippen MR) is 103 cm³/mol. The van der Waals surface area contributed by atoms with Crippen molar-refractivity contribution in [2.24, 2.45) is 0 Å². The van der Waals surface area contributed by atoms with Crippen LogP contribution in [0.1, 0.15) is 18.4 Å². The highest BCUT2D eigenvalue weighted by atomic mass is 16.6. The molecule has 2 heterocycles. The summed E-state index contributed by atoms with van der Waals surface area (Å²) in [5.74, 6) is 0.394. The van der Waals surface area contributed by atoms with Gasteiger partial charge in [0, 0.05) is 37.3 Å². The van der Waals surface area contributed by atoms with Crippen molar-refractivity contribution in [1.29, 1.82) is 0 Å². The number of nitrogens with zero attached hydrogens (tertiary/aromatic N) is 3. The molecule has 144 valence electrons. The van der Waals surface area contributed by atoms with E-state index in [1.807, 2.05) is 0 Å². The predicted octanol–water partition coefficient (Wildman–Crippen LogP) is 2.69. The van der Waals surface area contributed by atoms with Crippen molar-refractivity contribution in [3.8, 4) is 5.75 Å². The molecule has 2 amide bonds. The van der Waals surface area contributed by atoms with E-state index in [1.165, 1.54) is 17.0 Å². The number of nitro groups is 1. The molecule has 0 aromatic heterocycles. The van der Waals surface area contributed by atoms with E-state index < -0.39 is 4.92 Å². The van der Waals surface area contributed by atoms with Crippen molar-refractivity contribution >= 4 is 28.9 Å². The number of hydrogen-bond donors (Lipinski definition) is 0. The molecular weight excluding hydrogens is 362 g/mol. The average molecular weight is 381 g/mol. The summed E-state index contributed by atoms with van der Waals surface area (Å²) in [4.78, 5) is 38.1. The molecule has 4 rings (SSSR count). The summed E-state index contributed by atoms with van der Waals surface area (Å²) in [6.07, 6.45) is 2.10. The topological polar surface area (TPSA) is 93.0 Å². The van der Waals surface area contributed by atoms with Gasteiger partial charge in [-0.25, -0.2) is 0 Å². The van der Waals surface area contributed by atoms with Crippen LogP contribution in [0.15, 0.2) is 42.5 Å². The number of non-ortho nitro benzene ring substituents is 1. The largest absolute Gasteiger partial charge is 0.484 e. The van der Waals surface area contributed by atoms with Crippen molar-refractivity contribution in [1.82, 2.24) is 0 Å². The van der Waals surface area contributed by atoms with Crippen molar-refractivity contribution in [3.05, 3.63) is 58.1 Å². The second kappa shape index (κ2) is 7.30. The number of ether oxygens (including phenoxy) is 1. The minimum atomic E-state index is -0.468. The minimum Gasteiger partial charge on any atom is -0.484 e. The van der Waals surface area contributed by atoms with E-state index in [9.17, 15) is 19.7 Å². The fraction of sp³-hybridized carbons (Fsp3) is 0.300. The van der Waals surface area contributed by atoms with E-state index in [1.54, 1.807) is 35.2 Å². The molecule has 28 heavy (non-hydrogen) atoms. The Kier molecular flexibility index (Phi) is 4.68. The number of carbonyl (C=O) groups excluding carboxylic acids is 2. The summed E-state index contributed by atoms with van der Waals surface area (Å²) in [7, 11) is 0. The summed E-state index contributed by atoms with van der Waals surface area (Å²) < 4.78 is 5.59. The first-order valence-electron chi connectivity index (χ1n) is 9.14. The molecule has 0 spiro atoms. The van der Waals surface area contributed by atoms with E-state index >= 15 is 0 Å². The molecule has 2 aromatic rings. The number of carbonyl (C=O) groups is 2. The Labute approximate surface area is 161 Å². The monoisotopic (exact) mass is 381 g/mol. The van der Waals surface area contributed by atoms with Gasteiger partial charge >= 0.3 is 0 Å². The third-order valence-electron chi connectivity index (χ3n) is 5.06. The minimum absolute atomic E-state index is 0.0357. The summed E-state index contributed by atoms with van der Waals surface area (Å²) in [5.41, 5.74) is 2.28. The maximum absolute atomic E-state index is 12.6. The van der Waals surface area contributed by atoms with Crippen LogP contribution in [-0.4, -0.2) is 36.4 Å². The number of fused-ring (bicyclic) bond motifs is 1. The standard InChI is InChI=1S/C20H19N3O5/c24-19-2-1-10-21(19)15-5-7-17(8-6-15)28-13-20(25)22-11-9-14-3-4-16(23(26)27)12-18(14)22/h3-8,12H,1-2,9-11,13H2. The molecule has 1 fully saturated rings. The Morgan fingerprint density at radius 1 is 1.11 bits per heavy atom. The summed E-state index contributed by atoms with van der Waals surface area (Å²) in [6.45, 7) is 1.04.